The van der Waals surface area contributed by atoms with E-state index in [9.17, 15) is 5.26 Å². The molecule has 0 aliphatic heterocycles. The lowest BCUT2D eigenvalue weighted by Gasteiger charge is -2.21. The fraction of sp³-hybridized carbons (Fsp3) is 0.154. The third kappa shape index (κ3) is 5.21. The average Bonchev–Trinajstić information content (AvgIpc) is 3.20. The summed E-state index contributed by atoms with van der Waals surface area (Å²) in [5, 5.41) is 9.71. The highest BCUT2D eigenvalue weighted by Gasteiger charge is 2.20. The Kier molecular flexibility index (Phi) is 8.08. The third-order valence-corrected chi connectivity index (χ3v) is 6.00. The van der Waals surface area contributed by atoms with Gasteiger partial charge in [-0.1, -0.05) is 42.5 Å². The van der Waals surface area contributed by atoms with Gasteiger partial charge in [-0.05, 0) is 76.0 Å². The first-order valence-electron chi connectivity index (χ1n) is 9.99. The van der Waals surface area contributed by atoms with Gasteiger partial charge in [-0.15, -0.1) is 12.4 Å². The molecular formula is C26H23ClIN3O. The first-order valence-corrected chi connectivity index (χ1v) is 11.1. The molecule has 4 nitrogen and oxygen atoms in total. The molecule has 0 aliphatic rings. The molecule has 0 aliphatic carbocycles. The zero-order chi connectivity index (χ0) is 21.8. The van der Waals surface area contributed by atoms with Gasteiger partial charge in [0.2, 0.25) is 0 Å². The van der Waals surface area contributed by atoms with Gasteiger partial charge in [-0.3, -0.25) is 0 Å². The number of imidazole rings is 1. The molecule has 6 heteroatoms. The van der Waals surface area contributed by atoms with Crippen LogP contribution >= 0.6 is 35.0 Å². The van der Waals surface area contributed by atoms with E-state index in [2.05, 4.69) is 77.0 Å². The minimum Gasteiger partial charge on any atom is -0.363 e. The zero-order valence-corrected chi connectivity index (χ0v) is 20.8. The van der Waals surface area contributed by atoms with Crippen LogP contribution in [0.5, 0.6) is 0 Å². The lowest BCUT2D eigenvalue weighted by atomic mass is 9.93. The molecule has 0 amide bonds. The van der Waals surface area contributed by atoms with Gasteiger partial charge >= 0.3 is 0 Å². The maximum Gasteiger partial charge on any atom is 0.124 e. The van der Waals surface area contributed by atoms with Crippen LogP contribution in [0.25, 0.3) is 11.1 Å². The van der Waals surface area contributed by atoms with Crippen molar-refractivity contribution in [3.05, 3.63) is 111 Å². The van der Waals surface area contributed by atoms with Crippen molar-refractivity contribution in [2.24, 2.45) is 7.05 Å². The van der Waals surface area contributed by atoms with Crippen molar-refractivity contribution in [2.45, 2.75) is 19.6 Å². The topological polar surface area (TPSA) is 50.8 Å². The number of aromatic nitrogens is 2. The summed E-state index contributed by atoms with van der Waals surface area (Å²) in [6.45, 7) is 2.54. The van der Waals surface area contributed by atoms with Gasteiger partial charge < -0.3 is 9.30 Å². The standard InChI is InChI=1S/C26H22IN3O.ClH/c1-18-6-3-4-9-23(18)24-13-20(10-11-21(24)14-28)26(25-15-29-17-30(25)2)31-16-19-7-5-8-22(27)12-19;/h3-13,15,17,26H,16H2,1-2H3;1H. The Morgan fingerprint density at radius 3 is 2.56 bits per heavy atom. The molecule has 0 saturated heterocycles. The SMILES string of the molecule is Cc1ccccc1-c1cc(C(OCc2cccc(I)c2)c2cncn2C)ccc1C#N.Cl. The second kappa shape index (κ2) is 10.8. The van der Waals surface area contributed by atoms with E-state index in [1.54, 1.807) is 6.33 Å². The van der Waals surface area contributed by atoms with Gasteiger partial charge in [0, 0.05) is 16.2 Å². The number of nitriles is 1. The summed E-state index contributed by atoms with van der Waals surface area (Å²) < 4.78 is 9.60. The van der Waals surface area contributed by atoms with Crippen LogP contribution in [-0.2, 0) is 18.4 Å². The van der Waals surface area contributed by atoms with Crippen LogP contribution in [0.4, 0.5) is 0 Å². The number of aryl methyl sites for hydroxylation is 2. The summed E-state index contributed by atoms with van der Waals surface area (Å²) in [5.41, 5.74) is 6.84. The maximum atomic E-state index is 9.71. The fourth-order valence-corrected chi connectivity index (χ4v) is 4.31. The Balaban J connectivity index is 0.00000289. The monoisotopic (exact) mass is 555 g/mol. The van der Waals surface area contributed by atoms with Crippen molar-refractivity contribution >= 4 is 35.0 Å². The molecule has 0 fully saturated rings. The molecule has 0 spiro atoms. The van der Waals surface area contributed by atoms with E-state index in [-0.39, 0.29) is 18.5 Å². The number of halogens is 2. The lowest BCUT2D eigenvalue weighted by Crippen LogP contribution is -2.11. The van der Waals surface area contributed by atoms with E-state index >= 15 is 0 Å². The minimum atomic E-state index is -0.305. The molecule has 32 heavy (non-hydrogen) atoms. The van der Waals surface area contributed by atoms with E-state index < -0.39 is 0 Å². The van der Waals surface area contributed by atoms with Crippen LogP contribution in [0.1, 0.15) is 34.1 Å². The molecule has 0 radical (unpaired) electrons. The molecule has 1 atom stereocenters. The molecule has 4 aromatic rings. The van der Waals surface area contributed by atoms with Gasteiger partial charge in [-0.25, -0.2) is 4.98 Å². The van der Waals surface area contributed by atoms with Crippen LogP contribution in [0, 0.1) is 21.8 Å². The average molecular weight is 556 g/mol. The van der Waals surface area contributed by atoms with Crippen LogP contribution in [0.2, 0.25) is 0 Å². The normalized spacial score (nSPS) is 11.4. The predicted octanol–water partition coefficient (Wildman–Crippen LogP) is 6.60. The Morgan fingerprint density at radius 1 is 1.06 bits per heavy atom. The van der Waals surface area contributed by atoms with E-state index in [4.69, 9.17) is 4.74 Å². The second-order valence-corrected chi connectivity index (χ2v) is 8.73. The molecule has 0 saturated carbocycles. The molecule has 3 aromatic carbocycles. The largest absolute Gasteiger partial charge is 0.363 e. The molecule has 1 unspecified atom stereocenters. The van der Waals surface area contributed by atoms with Crippen molar-refractivity contribution in [3.63, 3.8) is 0 Å². The van der Waals surface area contributed by atoms with Crippen LogP contribution in [0.15, 0.2) is 79.3 Å². The summed E-state index contributed by atoms with van der Waals surface area (Å²) in [7, 11) is 1.97. The van der Waals surface area contributed by atoms with Crippen LogP contribution in [-0.4, -0.2) is 9.55 Å². The Morgan fingerprint density at radius 2 is 1.88 bits per heavy atom. The van der Waals surface area contributed by atoms with E-state index in [1.807, 2.05) is 48.1 Å². The first kappa shape index (κ1) is 24.0. The minimum absolute atomic E-state index is 0. The van der Waals surface area contributed by atoms with Gasteiger partial charge in [-0.2, -0.15) is 5.26 Å². The van der Waals surface area contributed by atoms with Crippen molar-refractivity contribution in [1.82, 2.24) is 9.55 Å². The Hall–Kier alpha value is -2.66. The van der Waals surface area contributed by atoms with Crippen LogP contribution < -0.4 is 0 Å². The molecule has 0 bridgehead atoms. The maximum absolute atomic E-state index is 9.71. The summed E-state index contributed by atoms with van der Waals surface area (Å²) in [4.78, 5) is 4.30. The number of nitrogens with zero attached hydrogens (tertiary/aromatic N) is 3. The van der Waals surface area contributed by atoms with Crippen LogP contribution in [0.3, 0.4) is 0 Å². The van der Waals surface area contributed by atoms with Crippen molar-refractivity contribution in [3.8, 4) is 17.2 Å². The number of hydrogen-bond acceptors (Lipinski definition) is 3. The van der Waals surface area contributed by atoms with Gasteiger partial charge in [0.05, 0.1) is 36.5 Å². The molecular weight excluding hydrogens is 533 g/mol. The highest BCUT2D eigenvalue weighted by atomic mass is 127. The number of benzene rings is 3. The van der Waals surface area contributed by atoms with E-state index in [0.29, 0.717) is 12.2 Å². The first-order chi connectivity index (χ1) is 15.1. The smallest absolute Gasteiger partial charge is 0.124 e. The van der Waals surface area contributed by atoms with Crippen molar-refractivity contribution in [1.29, 1.82) is 5.26 Å². The Bertz CT molecular complexity index is 1260. The summed E-state index contributed by atoms with van der Waals surface area (Å²) in [5.74, 6) is 0. The molecule has 1 aromatic heterocycles. The summed E-state index contributed by atoms with van der Waals surface area (Å²) in [6, 6.07) is 24.7. The highest BCUT2D eigenvalue weighted by Crippen LogP contribution is 2.33. The van der Waals surface area contributed by atoms with Crippen molar-refractivity contribution in [2.75, 3.05) is 0 Å². The summed E-state index contributed by atoms with van der Waals surface area (Å²) in [6.07, 6.45) is 3.31. The fourth-order valence-electron chi connectivity index (χ4n) is 3.70. The molecule has 0 N–H and O–H groups in total. The highest BCUT2D eigenvalue weighted by molar-refractivity contribution is 14.1. The van der Waals surface area contributed by atoms with E-state index in [1.165, 1.54) is 3.57 Å². The van der Waals surface area contributed by atoms with Crippen molar-refractivity contribution < 1.29 is 4.74 Å². The number of ether oxygens (including phenoxy) is 1. The quantitative estimate of drug-likeness (QED) is 0.252. The van der Waals surface area contributed by atoms with E-state index in [0.717, 1.165) is 33.5 Å². The third-order valence-electron chi connectivity index (χ3n) is 5.33. The molecule has 4 rings (SSSR count). The summed E-state index contributed by atoms with van der Waals surface area (Å²) >= 11 is 2.31. The van der Waals surface area contributed by atoms with Gasteiger partial charge in [0.1, 0.15) is 6.10 Å². The number of rotatable bonds is 6. The second-order valence-electron chi connectivity index (χ2n) is 7.48. The molecule has 162 valence electrons. The Labute approximate surface area is 208 Å². The number of hydrogen-bond donors (Lipinski definition) is 0. The van der Waals surface area contributed by atoms with Gasteiger partial charge in [0.15, 0.2) is 0 Å². The zero-order valence-electron chi connectivity index (χ0n) is 17.8. The molecule has 1 heterocycles. The predicted molar refractivity (Wildman–Crippen MR) is 138 cm³/mol. The van der Waals surface area contributed by atoms with Gasteiger partial charge in [0.25, 0.3) is 0 Å². The lowest BCUT2D eigenvalue weighted by molar-refractivity contribution is 0.0622.